The fourth-order valence-corrected chi connectivity index (χ4v) is 3.64. The predicted molar refractivity (Wildman–Crippen MR) is 96.9 cm³/mol. The Morgan fingerprint density at radius 3 is 2.64 bits per heavy atom. The summed E-state index contributed by atoms with van der Waals surface area (Å²) < 4.78 is 30.3. The number of anilines is 2. The average Bonchev–Trinajstić information content (AvgIpc) is 2.89. The highest BCUT2D eigenvalue weighted by Crippen LogP contribution is 2.35. The van der Waals surface area contributed by atoms with Gasteiger partial charge in [-0.25, -0.2) is 0 Å². The number of carbonyl (C=O) groups is 1. The lowest BCUT2D eigenvalue weighted by Crippen LogP contribution is -2.16. The van der Waals surface area contributed by atoms with E-state index in [1.54, 1.807) is 6.07 Å². The molecule has 0 saturated heterocycles. The van der Waals surface area contributed by atoms with Gasteiger partial charge in [-0.15, -0.1) is 8.78 Å². The second-order valence-corrected chi connectivity index (χ2v) is 6.96. The van der Waals surface area contributed by atoms with Crippen molar-refractivity contribution >= 4 is 44.8 Å². The smallest absolute Gasteiger partial charge is 0.420 e. The Morgan fingerprint density at radius 1 is 1.32 bits per heavy atom. The molecule has 1 amide bonds. The molecular formula is C17H14BrClF2N2O2. The highest BCUT2D eigenvalue weighted by atomic mass is 79.9. The number of carbonyl (C=O) groups excluding carboxylic acids is 1. The number of nitrogens with one attached hydrogen (secondary N) is 1. The van der Waals surface area contributed by atoms with Gasteiger partial charge in [0.15, 0.2) is 0 Å². The van der Waals surface area contributed by atoms with Crippen molar-refractivity contribution in [2.45, 2.75) is 12.0 Å². The van der Waals surface area contributed by atoms with Gasteiger partial charge in [0, 0.05) is 40.9 Å². The maximum atomic E-state index is 12.6. The first-order valence-corrected chi connectivity index (χ1v) is 8.61. The molecule has 8 heteroatoms. The van der Waals surface area contributed by atoms with E-state index in [1.807, 2.05) is 13.1 Å². The van der Waals surface area contributed by atoms with Gasteiger partial charge in [-0.05, 0) is 64.3 Å². The zero-order valence-corrected chi connectivity index (χ0v) is 15.5. The fourth-order valence-electron chi connectivity index (χ4n) is 2.75. The van der Waals surface area contributed by atoms with E-state index in [4.69, 9.17) is 11.6 Å². The zero-order chi connectivity index (χ0) is 18.2. The second-order valence-electron chi connectivity index (χ2n) is 5.66. The van der Waals surface area contributed by atoms with E-state index in [-0.39, 0.29) is 11.7 Å². The first-order chi connectivity index (χ1) is 11.7. The number of hydrogen-bond donors (Lipinski definition) is 1. The van der Waals surface area contributed by atoms with Gasteiger partial charge in [0.2, 0.25) is 0 Å². The summed E-state index contributed by atoms with van der Waals surface area (Å²) in [5.74, 6) is -0.379. The van der Waals surface area contributed by atoms with Crippen molar-refractivity contribution in [3.8, 4) is 5.75 Å². The van der Waals surface area contributed by atoms with E-state index in [1.165, 1.54) is 24.3 Å². The molecule has 0 radical (unpaired) electrons. The van der Waals surface area contributed by atoms with Crippen LogP contribution in [-0.2, 0) is 6.42 Å². The molecule has 0 spiro atoms. The number of alkyl halides is 3. The van der Waals surface area contributed by atoms with Gasteiger partial charge in [-0.1, -0.05) is 0 Å². The molecule has 0 aromatic heterocycles. The maximum absolute atomic E-state index is 12.6. The predicted octanol–water partition coefficient (Wildman–Crippen LogP) is 4.86. The molecule has 0 atom stereocenters. The Balaban J connectivity index is 1.74. The quantitative estimate of drug-likeness (QED) is 0.703. The largest absolute Gasteiger partial charge is 0.487 e. The Morgan fingerprint density at radius 2 is 2.00 bits per heavy atom. The van der Waals surface area contributed by atoms with Gasteiger partial charge in [-0.2, -0.15) is 0 Å². The van der Waals surface area contributed by atoms with Crippen LogP contribution in [0.4, 0.5) is 20.2 Å². The summed E-state index contributed by atoms with van der Waals surface area (Å²) in [5, 5.41) is 2.73. The molecule has 0 bridgehead atoms. The molecule has 2 aromatic rings. The molecule has 1 aliphatic rings. The van der Waals surface area contributed by atoms with Crippen LogP contribution in [0.25, 0.3) is 0 Å². The van der Waals surface area contributed by atoms with Crippen molar-refractivity contribution in [3.05, 3.63) is 52.0 Å². The summed E-state index contributed by atoms with van der Waals surface area (Å²) in [7, 11) is 2.00. The lowest BCUT2D eigenvalue weighted by molar-refractivity contribution is -0.0964. The summed E-state index contributed by atoms with van der Waals surface area (Å²) >= 11 is 8.22. The van der Waals surface area contributed by atoms with Crippen LogP contribution < -0.4 is 15.0 Å². The number of ether oxygens (including phenoxy) is 1. The molecule has 132 valence electrons. The average molecular weight is 432 g/mol. The number of amides is 1. The highest BCUT2D eigenvalue weighted by Gasteiger charge is 2.27. The number of fused-ring (bicyclic) bond motifs is 1. The third-order valence-electron chi connectivity index (χ3n) is 3.85. The molecule has 2 aromatic carbocycles. The summed E-state index contributed by atoms with van der Waals surface area (Å²) in [6.45, 7) is 0.908. The van der Waals surface area contributed by atoms with Gasteiger partial charge >= 0.3 is 5.57 Å². The zero-order valence-electron chi connectivity index (χ0n) is 13.2. The topological polar surface area (TPSA) is 41.6 Å². The van der Waals surface area contributed by atoms with Crippen LogP contribution in [0.5, 0.6) is 5.75 Å². The number of likely N-dealkylation sites (N-methyl/N-ethyl adjacent to an activating group) is 1. The molecule has 0 fully saturated rings. The summed E-state index contributed by atoms with van der Waals surface area (Å²) in [6, 6.07) is 9.17. The Labute approximate surface area is 156 Å². The maximum Gasteiger partial charge on any atom is 0.487 e. The Bertz CT molecular complexity index is 810. The molecule has 4 nitrogen and oxygen atoms in total. The van der Waals surface area contributed by atoms with Crippen LogP contribution in [0, 0.1) is 0 Å². The minimum Gasteiger partial charge on any atom is -0.420 e. The highest BCUT2D eigenvalue weighted by molar-refractivity contribution is 9.10. The van der Waals surface area contributed by atoms with Crippen LogP contribution in [0.15, 0.2) is 40.9 Å². The van der Waals surface area contributed by atoms with Crippen LogP contribution in [0.3, 0.4) is 0 Å². The van der Waals surface area contributed by atoms with Crippen molar-refractivity contribution in [1.82, 2.24) is 0 Å². The molecule has 25 heavy (non-hydrogen) atoms. The van der Waals surface area contributed by atoms with Gasteiger partial charge in [0.25, 0.3) is 5.91 Å². The van der Waals surface area contributed by atoms with E-state index in [0.717, 1.165) is 28.7 Å². The Hall–Kier alpha value is -1.86. The lowest BCUT2D eigenvalue weighted by atomic mass is 10.1. The molecule has 1 aliphatic heterocycles. The number of rotatable bonds is 4. The van der Waals surface area contributed by atoms with E-state index in [9.17, 15) is 13.6 Å². The van der Waals surface area contributed by atoms with Gasteiger partial charge in [-0.3, -0.25) is 4.79 Å². The standard InChI is InChI=1S/C17H14BrClF2N2O2/c1-23-7-6-10-8-11(9-14(18)15(10)23)16(24)22-12-2-4-13(5-3-12)25-17(19,20)21/h2-5,8-9H,6-7H2,1H3,(H,22,24). The molecule has 0 unspecified atom stereocenters. The minimum absolute atomic E-state index is 0.0960. The van der Waals surface area contributed by atoms with Crippen molar-refractivity contribution in [2.24, 2.45) is 0 Å². The first-order valence-electron chi connectivity index (χ1n) is 7.43. The van der Waals surface area contributed by atoms with Crippen molar-refractivity contribution in [1.29, 1.82) is 0 Å². The monoisotopic (exact) mass is 430 g/mol. The first kappa shape index (κ1) is 17.9. The van der Waals surface area contributed by atoms with Gasteiger partial charge < -0.3 is 15.0 Å². The second kappa shape index (κ2) is 6.80. The number of hydrogen-bond acceptors (Lipinski definition) is 3. The SMILES string of the molecule is CN1CCc2cc(C(=O)Nc3ccc(OC(F)(F)Cl)cc3)cc(Br)c21. The van der Waals surface area contributed by atoms with E-state index < -0.39 is 5.57 Å². The van der Waals surface area contributed by atoms with E-state index in [0.29, 0.717) is 11.3 Å². The van der Waals surface area contributed by atoms with Crippen LogP contribution in [0.1, 0.15) is 15.9 Å². The fraction of sp³-hybridized carbons (Fsp3) is 0.235. The number of halogens is 4. The van der Waals surface area contributed by atoms with Crippen molar-refractivity contribution < 1.29 is 18.3 Å². The lowest BCUT2D eigenvalue weighted by Gasteiger charge is -2.15. The molecule has 1 heterocycles. The molecular weight excluding hydrogens is 418 g/mol. The number of benzene rings is 2. The van der Waals surface area contributed by atoms with Crippen LogP contribution in [0.2, 0.25) is 0 Å². The minimum atomic E-state index is -3.77. The van der Waals surface area contributed by atoms with Gasteiger partial charge in [0.1, 0.15) is 5.75 Å². The molecule has 0 aliphatic carbocycles. The molecule has 1 N–H and O–H groups in total. The van der Waals surface area contributed by atoms with Gasteiger partial charge in [0.05, 0.1) is 5.69 Å². The van der Waals surface area contributed by atoms with E-state index >= 15 is 0 Å². The third-order valence-corrected chi connectivity index (χ3v) is 4.53. The molecule has 0 saturated carbocycles. The van der Waals surface area contributed by atoms with Crippen LogP contribution >= 0.6 is 27.5 Å². The summed E-state index contributed by atoms with van der Waals surface area (Å²) in [4.78, 5) is 14.6. The normalized spacial score (nSPS) is 13.6. The van der Waals surface area contributed by atoms with Crippen molar-refractivity contribution in [2.75, 3.05) is 23.8 Å². The van der Waals surface area contributed by atoms with E-state index in [2.05, 4.69) is 30.9 Å². The summed E-state index contributed by atoms with van der Waals surface area (Å²) in [6.07, 6.45) is 0.879. The van der Waals surface area contributed by atoms with Crippen LogP contribution in [-0.4, -0.2) is 25.1 Å². The van der Waals surface area contributed by atoms with Crippen molar-refractivity contribution in [3.63, 3.8) is 0 Å². The third kappa shape index (κ3) is 4.22. The Kier molecular flexibility index (Phi) is 4.88. The molecule has 3 rings (SSSR count). The number of nitrogens with zero attached hydrogens (tertiary/aromatic N) is 1. The summed E-state index contributed by atoms with van der Waals surface area (Å²) in [5.41, 5.74) is -0.582.